The molecule has 0 spiro atoms. The van der Waals surface area contributed by atoms with Crippen molar-refractivity contribution in [3.05, 3.63) is 280 Å². The monoisotopic (exact) mass is 858 g/mol. The van der Waals surface area contributed by atoms with Crippen LogP contribution < -0.4 is 15.8 Å². The lowest BCUT2D eigenvalue weighted by atomic mass is 9.93. The van der Waals surface area contributed by atoms with Crippen molar-refractivity contribution in [2.24, 2.45) is 5.92 Å². The zero-order chi connectivity index (χ0) is 46.3. The highest BCUT2D eigenvalue weighted by molar-refractivity contribution is 6.00. The molecule has 1 atom stereocenters. The molecule has 66 heavy (non-hydrogen) atoms. The van der Waals surface area contributed by atoms with Crippen molar-refractivity contribution in [1.82, 2.24) is 9.88 Å². The second kappa shape index (κ2) is 22.8. The van der Waals surface area contributed by atoms with Gasteiger partial charge in [0.1, 0.15) is 0 Å². The lowest BCUT2D eigenvalue weighted by Gasteiger charge is -2.12. The van der Waals surface area contributed by atoms with Crippen molar-refractivity contribution in [2.45, 2.75) is 47.5 Å². The zero-order valence-electron chi connectivity index (χ0n) is 39.2. The van der Waals surface area contributed by atoms with Gasteiger partial charge in [-0.2, -0.15) is 0 Å². The van der Waals surface area contributed by atoms with E-state index in [1.54, 1.807) is 0 Å². The fraction of sp³-hybridized carbons (Fsp3) is 0.125. The van der Waals surface area contributed by atoms with Crippen LogP contribution in [0, 0.1) is 19.8 Å². The molecule has 1 aromatic heterocycles. The summed E-state index contributed by atoms with van der Waals surface area (Å²) in [5.41, 5.74) is 16.6. The Morgan fingerprint density at radius 1 is 0.773 bits per heavy atom. The molecule has 2 heteroatoms. The van der Waals surface area contributed by atoms with Crippen LogP contribution in [-0.2, 0) is 0 Å². The van der Waals surface area contributed by atoms with Crippen LogP contribution in [0.1, 0.15) is 72.7 Å². The van der Waals surface area contributed by atoms with Crippen LogP contribution in [0.4, 0.5) is 0 Å². The third kappa shape index (κ3) is 11.2. The SMILES string of the molecule is C=Cc1cccc(C(/C=C\C(C)C(/C=C\C/C=C\C(=C/C)c2ccccc2)=C/C=C/NC2=CCC=CC(c3cccc4c3c(C)c(/C=c3/ccccc3=C)n4-c3ccccc3)=C2)=C/C)c1C. The summed E-state index contributed by atoms with van der Waals surface area (Å²) in [6.07, 6.45) is 39.2. The van der Waals surface area contributed by atoms with Crippen LogP contribution in [0.25, 0.3) is 52.0 Å². The first-order valence-electron chi connectivity index (χ1n) is 23.1. The van der Waals surface area contributed by atoms with Crippen LogP contribution in [-0.4, -0.2) is 4.57 Å². The van der Waals surface area contributed by atoms with E-state index < -0.39 is 0 Å². The van der Waals surface area contributed by atoms with E-state index in [2.05, 4.69) is 270 Å². The third-order valence-electron chi connectivity index (χ3n) is 12.3. The maximum Gasteiger partial charge on any atom is 0.0543 e. The summed E-state index contributed by atoms with van der Waals surface area (Å²) in [5.74, 6) is 0.159. The van der Waals surface area contributed by atoms with Gasteiger partial charge in [-0.1, -0.05) is 202 Å². The maximum atomic E-state index is 4.34. The van der Waals surface area contributed by atoms with Crippen LogP contribution in [0.5, 0.6) is 0 Å². The summed E-state index contributed by atoms with van der Waals surface area (Å²) in [6.45, 7) is 19.3. The Balaban J connectivity index is 1.17. The molecule has 5 aromatic carbocycles. The minimum atomic E-state index is 0.159. The number of nitrogens with zero attached hydrogens (tertiary/aromatic N) is 1. The van der Waals surface area contributed by atoms with E-state index in [9.17, 15) is 0 Å². The minimum absolute atomic E-state index is 0.159. The first-order valence-corrected chi connectivity index (χ1v) is 23.1. The van der Waals surface area contributed by atoms with Gasteiger partial charge in [0.25, 0.3) is 0 Å². The molecule has 1 aliphatic carbocycles. The van der Waals surface area contributed by atoms with Crippen molar-refractivity contribution in [3.63, 3.8) is 0 Å². The zero-order valence-corrected chi connectivity index (χ0v) is 39.2. The van der Waals surface area contributed by atoms with Gasteiger partial charge in [-0.3, -0.25) is 0 Å². The Bertz CT molecular complexity index is 3110. The Morgan fingerprint density at radius 3 is 2.26 bits per heavy atom. The molecule has 0 aliphatic heterocycles. The van der Waals surface area contributed by atoms with E-state index in [4.69, 9.17) is 0 Å². The number of allylic oxidation sites excluding steroid dienone is 18. The van der Waals surface area contributed by atoms with Crippen LogP contribution >= 0.6 is 0 Å². The van der Waals surface area contributed by atoms with Crippen LogP contribution in [0.15, 0.2) is 230 Å². The number of nitrogens with one attached hydrogen (secondary N) is 1. The van der Waals surface area contributed by atoms with Gasteiger partial charge in [-0.05, 0) is 149 Å². The van der Waals surface area contributed by atoms with Crippen molar-refractivity contribution >= 4 is 46.4 Å². The van der Waals surface area contributed by atoms with Crippen molar-refractivity contribution in [3.8, 4) is 5.69 Å². The Hall–Kier alpha value is -7.68. The topological polar surface area (TPSA) is 17.0 Å². The summed E-state index contributed by atoms with van der Waals surface area (Å²) in [4.78, 5) is 0. The molecule has 2 nitrogen and oxygen atoms in total. The number of fused-ring (bicyclic) bond motifs is 1. The van der Waals surface area contributed by atoms with Crippen LogP contribution in [0.3, 0.4) is 0 Å². The molecule has 0 fully saturated rings. The number of para-hydroxylation sites is 1. The lowest BCUT2D eigenvalue weighted by Crippen LogP contribution is -2.22. The van der Waals surface area contributed by atoms with E-state index in [1.807, 2.05) is 12.1 Å². The maximum absolute atomic E-state index is 4.34. The lowest BCUT2D eigenvalue weighted by molar-refractivity contribution is 0.890. The van der Waals surface area contributed by atoms with Gasteiger partial charge in [0.05, 0.1) is 11.2 Å². The summed E-state index contributed by atoms with van der Waals surface area (Å²) in [7, 11) is 0. The molecule has 7 rings (SSSR count). The average Bonchev–Trinajstić information content (AvgIpc) is 3.45. The highest BCUT2D eigenvalue weighted by Crippen LogP contribution is 2.36. The summed E-state index contributed by atoms with van der Waals surface area (Å²) >= 11 is 0. The largest absolute Gasteiger partial charge is 0.362 e. The Kier molecular flexibility index (Phi) is 16.0. The summed E-state index contributed by atoms with van der Waals surface area (Å²) < 4.78 is 2.38. The molecular formula is C64H62N2. The third-order valence-corrected chi connectivity index (χ3v) is 12.3. The van der Waals surface area contributed by atoms with E-state index in [-0.39, 0.29) is 5.92 Å². The van der Waals surface area contributed by atoms with Gasteiger partial charge in [0.15, 0.2) is 0 Å². The molecule has 328 valence electrons. The molecule has 1 unspecified atom stereocenters. The molecule has 0 radical (unpaired) electrons. The molecule has 1 N–H and O–H groups in total. The fourth-order valence-electron chi connectivity index (χ4n) is 8.59. The molecular weight excluding hydrogens is 797 g/mol. The smallest absolute Gasteiger partial charge is 0.0543 e. The van der Waals surface area contributed by atoms with Gasteiger partial charge in [-0.25, -0.2) is 0 Å². The minimum Gasteiger partial charge on any atom is -0.362 e. The second-order valence-corrected chi connectivity index (χ2v) is 16.6. The van der Waals surface area contributed by atoms with E-state index >= 15 is 0 Å². The number of aryl methyl sites for hydroxylation is 1. The highest BCUT2D eigenvalue weighted by atomic mass is 15.0. The quantitative estimate of drug-likeness (QED) is 0.0960. The molecule has 0 saturated heterocycles. The first-order chi connectivity index (χ1) is 32.3. The highest BCUT2D eigenvalue weighted by Gasteiger charge is 2.18. The normalized spacial score (nSPS) is 14.7. The molecule has 1 aliphatic rings. The first kappa shape index (κ1) is 46.3. The molecule has 0 saturated carbocycles. The standard InChI is InChI=1S/C64H62N2/c1-8-51-34-24-39-60(49(51)6)53(10-3)43-42-48(5)54(29-15-11-14-28-52(9-2)55-30-16-12-17-31-55)35-26-44-65-58-36-23-22-33-57(45-58)61-40-25-41-62-64(61)50(7)63(46-56-32-21-20-27-47(56)4)66(62)59-37-18-13-19-38-59/h8-10,12-22,24-46,48,65H,1,4,11,23H2,2-3,5-7H3/b28-14-,29-15-,43-42-,44-26+,52-9+,53-10+,54-35+,56-46-. The number of hydrogen-bond donors (Lipinski definition) is 1. The van der Waals surface area contributed by atoms with Gasteiger partial charge in [0.2, 0.25) is 0 Å². The summed E-state index contributed by atoms with van der Waals surface area (Å²) in [5, 5.41) is 6.99. The predicted molar refractivity (Wildman–Crippen MR) is 289 cm³/mol. The Morgan fingerprint density at radius 2 is 1.50 bits per heavy atom. The van der Waals surface area contributed by atoms with Crippen molar-refractivity contribution in [1.29, 1.82) is 0 Å². The van der Waals surface area contributed by atoms with Gasteiger partial charge >= 0.3 is 0 Å². The Labute approximate surface area is 393 Å². The van der Waals surface area contributed by atoms with Crippen molar-refractivity contribution < 1.29 is 0 Å². The van der Waals surface area contributed by atoms with E-state index in [1.165, 1.54) is 55.4 Å². The van der Waals surface area contributed by atoms with Gasteiger partial charge < -0.3 is 9.88 Å². The number of rotatable bonds is 16. The van der Waals surface area contributed by atoms with Crippen molar-refractivity contribution in [2.75, 3.05) is 0 Å². The molecule has 0 amide bonds. The average molecular weight is 859 g/mol. The van der Waals surface area contributed by atoms with E-state index in [0.717, 1.165) is 51.5 Å². The van der Waals surface area contributed by atoms with Gasteiger partial charge in [-0.15, -0.1) is 0 Å². The predicted octanol–water partition coefficient (Wildman–Crippen LogP) is 15.3. The second-order valence-electron chi connectivity index (χ2n) is 16.6. The molecule has 6 aromatic rings. The fourth-order valence-corrected chi connectivity index (χ4v) is 8.59. The summed E-state index contributed by atoms with van der Waals surface area (Å²) in [6, 6.07) is 42.6. The number of benzene rings is 5. The number of hydrogen-bond acceptors (Lipinski definition) is 1. The molecule has 1 heterocycles. The van der Waals surface area contributed by atoms with Crippen LogP contribution in [0.2, 0.25) is 0 Å². The number of aromatic nitrogens is 1. The van der Waals surface area contributed by atoms with Gasteiger partial charge in [0, 0.05) is 23.0 Å². The van der Waals surface area contributed by atoms with E-state index in [0.29, 0.717) is 0 Å². The molecule has 0 bridgehead atoms.